The van der Waals surface area contributed by atoms with E-state index in [-0.39, 0.29) is 5.92 Å². The minimum Gasteiger partial charge on any atom is -0.471 e. The Labute approximate surface area is 137 Å². The Morgan fingerprint density at radius 1 is 1.24 bits per heavy atom. The van der Waals surface area contributed by atoms with Gasteiger partial charge in [-0.25, -0.2) is 0 Å². The zero-order valence-electron chi connectivity index (χ0n) is 13.3. The molecule has 0 aliphatic rings. The van der Waals surface area contributed by atoms with Gasteiger partial charge in [-0.15, -0.1) is 0 Å². The minimum atomic E-state index is -1.18. The smallest absolute Gasteiger partial charge is 0.177 e. The molecule has 0 fully saturated rings. The van der Waals surface area contributed by atoms with Crippen LogP contribution in [0.5, 0.6) is 5.75 Å². The van der Waals surface area contributed by atoms with Crippen LogP contribution in [0.3, 0.4) is 0 Å². The van der Waals surface area contributed by atoms with Gasteiger partial charge in [0, 0.05) is 5.02 Å². The van der Waals surface area contributed by atoms with Gasteiger partial charge in [-0.2, -0.15) is 0 Å². The quantitative estimate of drug-likeness (QED) is 0.781. The summed E-state index contributed by atoms with van der Waals surface area (Å²) in [5.41, 5.74) is 4.55. The van der Waals surface area contributed by atoms with Crippen molar-refractivity contribution in [3.8, 4) is 5.75 Å². The fourth-order valence-corrected chi connectivity index (χ4v) is 2.73. The van der Waals surface area contributed by atoms with E-state index in [0.29, 0.717) is 22.2 Å². The molecule has 1 aromatic rings. The van der Waals surface area contributed by atoms with Gasteiger partial charge in [-0.1, -0.05) is 57.8 Å². The Morgan fingerprint density at radius 2 is 1.81 bits per heavy atom. The number of hydrogen-bond acceptors (Lipinski definition) is 3. The Morgan fingerprint density at radius 3 is 2.24 bits per heavy atom. The van der Waals surface area contributed by atoms with Crippen molar-refractivity contribution in [3.05, 3.63) is 28.2 Å². The number of ether oxygens (including phenoxy) is 1. The van der Waals surface area contributed by atoms with Crippen LogP contribution in [0.2, 0.25) is 10.0 Å². The van der Waals surface area contributed by atoms with Crippen molar-refractivity contribution in [3.63, 3.8) is 0 Å². The van der Waals surface area contributed by atoms with E-state index in [1.54, 1.807) is 18.2 Å². The summed E-state index contributed by atoms with van der Waals surface area (Å²) in [6.45, 7) is 9.92. The second-order valence-electron chi connectivity index (χ2n) is 6.89. The van der Waals surface area contributed by atoms with Crippen molar-refractivity contribution in [1.29, 1.82) is 0 Å². The normalized spacial score (nSPS) is 16.7. The lowest BCUT2D eigenvalue weighted by Crippen LogP contribution is -2.59. The summed E-state index contributed by atoms with van der Waals surface area (Å²) in [6, 6.07) is 4.92. The molecule has 0 heterocycles. The summed E-state index contributed by atoms with van der Waals surface area (Å²) < 4.78 is 5.73. The molecule has 1 aromatic carbocycles. The summed E-state index contributed by atoms with van der Waals surface area (Å²) in [5.74, 6) is 0.699. The summed E-state index contributed by atoms with van der Waals surface area (Å²) in [6.07, 6.45) is -0.360. The number of benzene rings is 1. The van der Waals surface area contributed by atoms with Crippen molar-refractivity contribution in [2.75, 3.05) is 0 Å². The van der Waals surface area contributed by atoms with Gasteiger partial charge in [-0.3, -0.25) is 5.73 Å². The zero-order chi connectivity index (χ0) is 16.4. The molecule has 120 valence electrons. The Kier molecular flexibility index (Phi) is 5.96. The first-order chi connectivity index (χ1) is 9.47. The van der Waals surface area contributed by atoms with Crippen LogP contribution in [0.4, 0.5) is 0 Å². The number of hydrogen-bond donors (Lipinski definition) is 2. The molecule has 5 heteroatoms. The maximum Gasteiger partial charge on any atom is 0.177 e. The summed E-state index contributed by atoms with van der Waals surface area (Å²) in [5, 5.41) is 12.0. The molecule has 2 unspecified atom stereocenters. The molecule has 0 saturated carbocycles. The third kappa shape index (κ3) is 4.49. The first kappa shape index (κ1) is 18.6. The van der Waals surface area contributed by atoms with Gasteiger partial charge in [0.2, 0.25) is 0 Å². The van der Waals surface area contributed by atoms with Crippen LogP contribution in [0.25, 0.3) is 0 Å². The highest BCUT2D eigenvalue weighted by Gasteiger charge is 2.47. The number of rotatable bonds is 5. The van der Waals surface area contributed by atoms with E-state index in [1.165, 1.54) is 0 Å². The first-order valence-corrected chi connectivity index (χ1v) is 7.82. The standard InChI is InChI=1S/C16H25Cl2NO2/c1-10(2)9-16(20,15(3,4)5)14(19)21-13-7-6-11(17)8-12(13)18/h6-8,10,14,20H,9,19H2,1-5H3. The Balaban J connectivity index is 3.04. The van der Waals surface area contributed by atoms with Crippen LogP contribution in [0, 0.1) is 11.3 Å². The molecule has 0 aliphatic heterocycles. The molecule has 3 nitrogen and oxygen atoms in total. The topological polar surface area (TPSA) is 55.5 Å². The van der Waals surface area contributed by atoms with Gasteiger partial charge in [0.25, 0.3) is 0 Å². The molecular weight excluding hydrogens is 309 g/mol. The van der Waals surface area contributed by atoms with Crippen LogP contribution in [0.15, 0.2) is 18.2 Å². The molecule has 0 aromatic heterocycles. The fourth-order valence-electron chi connectivity index (χ4n) is 2.28. The van der Waals surface area contributed by atoms with E-state index >= 15 is 0 Å². The number of aliphatic hydroxyl groups is 1. The maximum absolute atomic E-state index is 11.1. The van der Waals surface area contributed by atoms with Crippen LogP contribution >= 0.6 is 23.2 Å². The molecule has 21 heavy (non-hydrogen) atoms. The Bertz CT molecular complexity index is 486. The third-order valence-electron chi connectivity index (χ3n) is 3.64. The van der Waals surface area contributed by atoms with E-state index in [9.17, 15) is 5.11 Å². The molecule has 0 amide bonds. The maximum atomic E-state index is 11.1. The second-order valence-corrected chi connectivity index (χ2v) is 7.73. The van der Waals surface area contributed by atoms with E-state index in [4.69, 9.17) is 33.7 Å². The highest BCUT2D eigenvalue weighted by Crippen LogP contribution is 2.39. The van der Waals surface area contributed by atoms with Crippen LogP contribution in [-0.4, -0.2) is 16.9 Å². The van der Waals surface area contributed by atoms with E-state index < -0.39 is 17.2 Å². The molecule has 0 spiro atoms. The molecule has 0 radical (unpaired) electrons. The molecule has 2 atom stereocenters. The van der Waals surface area contributed by atoms with Gasteiger partial charge in [-0.05, 0) is 36.0 Å². The lowest BCUT2D eigenvalue weighted by Gasteiger charge is -2.45. The van der Waals surface area contributed by atoms with Crippen LogP contribution < -0.4 is 10.5 Å². The summed E-state index contributed by atoms with van der Waals surface area (Å²) >= 11 is 12.0. The molecule has 3 N–H and O–H groups in total. The van der Waals surface area contributed by atoms with Crippen molar-refractivity contribution in [1.82, 2.24) is 0 Å². The SMILES string of the molecule is CC(C)CC(O)(C(N)Oc1ccc(Cl)cc1Cl)C(C)(C)C. The third-order valence-corrected chi connectivity index (χ3v) is 4.17. The lowest BCUT2D eigenvalue weighted by atomic mass is 9.71. The minimum absolute atomic E-state index is 0.282. The number of nitrogens with two attached hydrogens (primary N) is 1. The van der Waals surface area contributed by atoms with E-state index in [2.05, 4.69) is 0 Å². The van der Waals surface area contributed by atoms with Gasteiger partial charge < -0.3 is 9.84 Å². The summed E-state index contributed by atoms with van der Waals surface area (Å²) in [4.78, 5) is 0. The molecule has 1 rings (SSSR count). The average molecular weight is 334 g/mol. The monoisotopic (exact) mass is 333 g/mol. The van der Waals surface area contributed by atoms with Crippen molar-refractivity contribution < 1.29 is 9.84 Å². The second kappa shape index (κ2) is 6.74. The predicted molar refractivity (Wildman–Crippen MR) is 88.9 cm³/mol. The molecule has 0 saturated heterocycles. The van der Waals surface area contributed by atoms with Crippen molar-refractivity contribution >= 4 is 23.2 Å². The molecular formula is C16H25Cl2NO2. The van der Waals surface area contributed by atoms with Crippen LogP contribution in [0.1, 0.15) is 41.0 Å². The largest absolute Gasteiger partial charge is 0.471 e. The zero-order valence-corrected chi connectivity index (χ0v) is 14.8. The lowest BCUT2D eigenvalue weighted by molar-refractivity contribution is -0.141. The van der Waals surface area contributed by atoms with Gasteiger partial charge in [0.15, 0.2) is 6.23 Å². The van der Waals surface area contributed by atoms with Crippen LogP contribution in [-0.2, 0) is 0 Å². The van der Waals surface area contributed by atoms with Gasteiger partial charge in [0.1, 0.15) is 11.4 Å². The van der Waals surface area contributed by atoms with Crippen molar-refractivity contribution in [2.45, 2.75) is 52.9 Å². The fraction of sp³-hybridized carbons (Fsp3) is 0.625. The highest BCUT2D eigenvalue weighted by atomic mass is 35.5. The molecule has 0 aliphatic carbocycles. The van der Waals surface area contributed by atoms with Gasteiger partial charge >= 0.3 is 0 Å². The molecule has 0 bridgehead atoms. The average Bonchev–Trinajstić information content (AvgIpc) is 2.30. The van der Waals surface area contributed by atoms with Crippen molar-refractivity contribution in [2.24, 2.45) is 17.1 Å². The first-order valence-electron chi connectivity index (χ1n) is 7.07. The predicted octanol–water partition coefficient (Wildman–Crippen LogP) is 4.48. The van der Waals surface area contributed by atoms with E-state index in [0.717, 1.165) is 0 Å². The summed E-state index contributed by atoms with van der Waals surface area (Å²) in [7, 11) is 0. The van der Waals surface area contributed by atoms with E-state index in [1.807, 2.05) is 34.6 Å². The van der Waals surface area contributed by atoms with Gasteiger partial charge in [0.05, 0.1) is 5.02 Å². The highest BCUT2D eigenvalue weighted by molar-refractivity contribution is 6.35. The number of halogens is 2. The Hall–Kier alpha value is -0.480.